The van der Waals surface area contributed by atoms with Gasteiger partial charge in [-0.05, 0) is 19.4 Å². The van der Waals surface area contributed by atoms with Gasteiger partial charge >= 0.3 is 0 Å². The summed E-state index contributed by atoms with van der Waals surface area (Å²) in [5.74, 6) is 0.984. The molecule has 2 nitrogen and oxygen atoms in total. The Hall–Kier alpha value is -1.54. The molecule has 0 unspecified atom stereocenters. The molecule has 0 amide bonds. The lowest BCUT2D eigenvalue weighted by molar-refractivity contribution is 1.13. The highest BCUT2D eigenvalue weighted by molar-refractivity contribution is 5.85. The van der Waals surface area contributed by atoms with Crippen molar-refractivity contribution < 1.29 is 0 Å². The fraction of sp³-hybridized carbons (Fsp3) is 0.154. The predicted molar refractivity (Wildman–Crippen MR) is 71.8 cm³/mol. The average molecular weight is 237 g/mol. The summed E-state index contributed by atoms with van der Waals surface area (Å²) in [7, 11) is 0. The minimum absolute atomic E-state index is 0. The Kier molecular flexibility index (Phi) is 6.97. The minimum Gasteiger partial charge on any atom is -0.349 e. The molecule has 0 saturated heterocycles. The number of aromatic nitrogens is 2. The van der Waals surface area contributed by atoms with E-state index in [0.29, 0.717) is 0 Å². The lowest BCUT2D eigenvalue weighted by Crippen LogP contribution is -1.70. The van der Waals surface area contributed by atoms with Crippen LogP contribution in [0, 0.1) is 13.8 Å². The van der Waals surface area contributed by atoms with E-state index in [0.717, 1.165) is 11.5 Å². The van der Waals surface area contributed by atoms with Crippen molar-refractivity contribution in [3.63, 3.8) is 0 Å². The normalized spacial score (nSPS) is 8.38. The van der Waals surface area contributed by atoms with Crippen molar-refractivity contribution in [1.29, 1.82) is 0 Å². The smallest absolute Gasteiger partial charge is 0.103 e. The van der Waals surface area contributed by atoms with Gasteiger partial charge in [-0.15, -0.1) is 12.4 Å². The molecule has 1 heterocycles. The Balaban J connectivity index is 0.000000267. The van der Waals surface area contributed by atoms with Crippen molar-refractivity contribution in [3.05, 3.63) is 60.2 Å². The molecule has 0 spiro atoms. The molecule has 0 atom stereocenters. The average Bonchev–Trinajstić information content (AvgIpc) is 2.65. The number of imidazole rings is 1. The van der Waals surface area contributed by atoms with Crippen LogP contribution in [0.5, 0.6) is 0 Å². The van der Waals surface area contributed by atoms with Crippen LogP contribution in [0.15, 0.2) is 43.1 Å². The molecule has 0 bridgehead atoms. The quantitative estimate of drug-likeness (QED) is 0.802. The molecule has 86 valence electrons. The van der Waals surface area contributed by atoms with Crippen molar-refractivity contribution in [2.45, 2.75) is 13.8 Å². The summed E-state index contributed by atoms with van der Waals surface area (Å²) in [4.78, 5) is 7.01. The van der Waals surface area contributed by atoms with Gasteiger partial charge in [-0.1, -0.05) is 43.0 Å². The second-order valence-corrected chi connectivity index (χ2v) is 3.24. The van der Waals surface area contributed by atoms with Crippen LogP contribution >= 0.6 is 12.4 Å². The van der Waals surface area contributed by atoms with Gasteiger partial charge in [0.15, 0.2) is 0 Å². The third-order valence-electron chi connectivity index (χ3n) is 1.87. The van der Waals surface area contributed by atoms with Gasteiger partial charge in [0.2, 0.25) is 0 Å². The molecule has 2 aromatic rings. The van der Waals surface area contributed by atoms with Crippen LogP contribution in [0.1, 0.15) is 17.1 Å². The van der Waals surface area contributed by atoms with E-state index in [1.54, 1.807) is 0 Å². The first-order valence-electron chi connectivity index (χ1n) is 4.88. The Bertz CT molecular complexity index is 390. The largest absolute Gasteiger partial charge is 0.349 e. The van der Waals surface area contributed by atoms with Gasteiger partial charge in [-0.3, -0.25) is 0 Å². The molecule has 0 radical (unpaired) electrons. The number of H-pyrrole nitrogens is 1. The number of benzene rings is 1. The highest BCUT2D eigenvalue weighted by Crippen LogP contribution is 1.97. The number of hydrogen-bond donors (Lipinski definition) is 1. The number of aryl methyl sites for hydroxylation is 2. The van der Waals surface area contributed by atoms with Crippen LogP contribution in [0.25, 0.3) is 6.08 Å². The third kappa shape index (κ3) is 5.37. The summed E-state index contributed by atoms with van der Waals surface area (Å²) in [5, 5.41) is 0. The molecule has 3 heteroatoms. The second-order valence-electron chi connectivity index (χ2n) is 3.24. The fourth-order valence-electron chi connectivity index (χ4n) is 1.13. The first kappa shape index (κ1) is 14.5. The van der Waals surface area contributed by atoms with E-state index in [2.05, 4.69) is 16.5 Å². The van der Waals surface area contributed by atoms with Gasteiger partial charge in [-0.2, -0.15) is 0 Å². The van der Waals surface area contributed by atoms with E-state index in [1.165, 1.54) is 5.56 Å². The first-order chi connectivity index (χ1) is 7.22. The summed E-state index contributed by atoms with van der Waals surface area (Å²) in [6, 6.07) is 10.0. The monoisotopic (exact) mass is 236 g/mol. The molecule has 1 N–H and O–H groups in total. The van der Waals surface area contributed by atoms with Gasteiger partial charge < -0.3 is 4.98 Å². The van der Waals surface area contributed by atoms with Gasteiger partial charge in [0, 0.05) is 6.20 Å². The zero-order chi connectivity index (χ0) is 11.1. The summed E-state index contributed by atoms with van der Waals surface area (Å²) in [6.07, 6.45) is 3.72. The zero-order valence-corrected chi connectivity index (χ0v) is 10.4. The second kappa shape index (κ2) is 7.71. The SMILES string of the molecule is C=Cc1ccccc1.Cc1c[nH]c(C)n1.Cl. The Morgan fingerprint density at radius 1 is 1.19 bits per heavy atom. The van der Waals surface area contributed by atoms with Gasteiger partial charge in [0.05, 0.1) is 5.69 Å². The summed E-state index contributed by atoms with van der Waals surface area (Å²) >= 11 is 0. The van der Waals surface area contributed by atoms with Crippen molar-refractivity contribution >= 4 is 18.5 Å². The minimum atomic E-state index is 0. The molecule has 1 aromatic carbocycles. The van der Waals surface area contributed by atoms with E-state index in [-0.39, 0.29) is 12.4 Å². The summed E-state index contributed by atoms with van der Waals surface area (Å²) < 4.78 is 0. The lowest BCUT2D eigenvalue weighted by Gasteiger charge is -1.85. The van der Waals surface area contributed by atoms with Gasteiger partial charge in [0.1, 0.15) is 5.82 Å². The van der Waals surface area contributed by atoms with E-state index < -0.39 is 0 Å². The van der Waals surface area contributed by atoms with E-state index in [4.69, 9.17) is 0 Å². The van der Waals surface area contributed by atoms with Crippen molar-refractivity contribution in [1.82, 2.24) is 9.97 Å². The summed E-state index contributed by atoms with van der Waals surface area (Å²) in [5.41, 5.74) is 2.23. The highest BCUT2D eigenvalue weighted by Gasteiger charge is 1.84. The molecular weight excluding hydrogens is 220 g/mol. The Labute approximate surface area is 103 Å². The number of aromatic amines is 1. The molecule has 0 aliphatic heterocycles. The number of halogens is 1. The number of hydrogen-bond acceptors (Lipinski definition) is 1. The number of nitrogens with one attached hydrogen (secondary N) is 1. The fourth-order valence-corrected chi connectivity index (χ4v) is 1.13. The van der Waals surface area contributed by atoms with Crippen molar-refractivity contribution in [2.24, 2.45) is 0 Å². The van der Waals surface area contributed by atoms with Crippen LogP contribution in [0.3, 0.4) is 0 Å². The number of rotatable bonds is 1. The highest BCUT2D eigenvalue weighted by atomic mass is 35.5. The van der Waals surface area contributed by atoms with Crippen molar-refractivity contribution in [3.8, 4) is 0 Å². The van der Waals surface area contributed by atoms with Crippen molar-refractivity contribution in [2.75, 3.05) is 0 Å². The topological polar surface area (TPSA) is 28.7 Å². The molecule has 0 aliphatic carbocycles. The molecule has 0 fully saturated rings. The van der Waals surface area contributed by atoms with Crippen LogP contribution in [-0.2, 0) is 0 Å². The molecule has 1 aromatic heterocycles. The van der Waals surface area contributed by atoms with Crippen LogP contribution in [0.2, 0.25) is 0 Å². The zero-order valence-electron chi connectivity index (χ0n) is 9.60. The maximum atomic E-state index is 4.06. The molecule has 0 saturated carbocycles. The number of nitrogens with zero attached hydrogens (tertiary/aromatic N) is 1. The van der Waals surface area contributed by atoms with Gasteiger partial charge in [0.25, 0.3) is 0 Å². The molecular formula is C13H17ClN2. The van der Waals surface area contributed by atoms with E-state index in [1.807, 2.05) is 56.5 Å². The van der Waals surface area contributed by atoms with Gasteiger partial charge in [-0.25, -0.2) is 4.98 Å². The standard InChI is InChI=1S/C8H8.C5H8N2.ClH/c1-2-8-6-4-3-5-7-8;1-4-3-6-5(2)7-4;/h2-7H,1H2;3H,1-2H3,(H,6,7);1H. The summed E-state index contributed by atoms with van der Waals surface area (Å²) in [6.45, 7) is 7.53. The maximum Gasteiger partial charge on any atom is 0.103 e. The molecule has 2 rings (SSSR count). The van der Waals surface area contributed by atoms with Crippen LogP contribution in [0.4, 0.5) is 0 Å². The predicted octanol–water partition coefficient (Wildman–Crippen LogP) is 3.78. The Morgan fingerprint density at radius 3 is 2.06 bits per heavy atom. The Morgan fingerprint density at radius 2 is 1.81 bits per heavy atom. The van der Waals surface area contributed by atoms with Crippen LogP contribution in [-0.4, -0.2) is 9.97 Å². The third-order valence-corrected chi connectivity index (χ3v) is 1.87. The van der Waals surface area contributed by atoms with E-state index >= 15 is 0 Å². The maximum absolute atomic E-state index is 4.06. The van der Waals surface area contributed by atoms with E-state index in [9.17, 15) is 0 Å². The molecule has 16 heavy (non-hydrogen) atoms. The molecule has 0 aliphatic rings. The van der Waals surface area contributed by atoms with Crippen LogP contribution < -0.4 is 0 Å². The lowest BCUT2D eigenvalue weighted by atomic mass is 10.2. The first-order valence-corrected chi connectivity index (χ1v) is 4.88.